The number of ether oxygens (including phenoxy) is 1. The van der Waals surface area contributed by atoms with Crippen LogP contribution in [0.15, 0.2) is 30.3 Å². The van der Waals surface area contributed by atoms with Gasteiger partial charge in [-0.1, -0.05) is 18.2 Å². The number of para-hydroxylation sites is 1. The molecule has 0 unspecified atom stereocenters. The van der Waals surface area contributed by atoms with E-state index in [4.69, 9.17) is 42.3 Å². The average Bonchev–Trinajstić information content (AvgIpc) is 2.34. The third-order valence-corrected chi connectivity index (χ3v) is 1.91. The lowest BCUT2D eigenvalue weighted by Gasteiger charge is -2.20. The van der Waals surface area contributed by atoms with Gasteiger partial charge in [0.25, 0.3) is 5.09 Å². The molecule has 0 amide bonds. The minimum absolute atomic E-state index is 0.260. The number of nitrogens with zero attached hydrogens (tertiary/aromatic N) is 2. The SMILES string of the molecule is N=C(N)N(CCOc1ccccc1)C(=N)N.O=[N+]([O-])O. The van der Waals surface area contributed by atoms with Gasteiger partial charge in [0.05, 0.1) is 6.54 Å². The first-order valence-corrected chi connectivity index (χ1v) is 5.31. The van der Waals surface area contributed by atoms with Crippen LogP contribution in [0.25, 0.3) is 0 Å². The zero-order valence-electron chi connectivity index (χ0n) is 10.5. The van der Waals surface area contributed by atoms with Gasteiger partial charge in [0.1, 0.15) is 12.4 Å². The van der Waals surface area contributed by atoms with E-state index < -0.39 is 5.09 Å². The molecule has 1 aromatic rings. The van der Waals surface area contributed by atoms with Crippen LogP contribution in [0.3, 0.4) is 0 Å². The van der Waals surface area contributed by atoms with E-state index in [0.29, 0.717) is 6.61 Å². The summed E-state index contributed by atoms with van der Waals surface area (Å²) >= 11 is 0. The number of guanidine groups is 2. The van der Waals surface area contributed by atoms with Crippen molar-refractivity contribution in [2.75, 3.05) is 13.2 Å². The highest BCUT2D eigenvalue weighted by molar-refractivity contribution is 5.94. The molecule has 20 heavy (non-hydrogen) atoms. The summed E-state index contributed by atoms with van der Waals surface area (Å²) in [7, 11) is 0. The molecule has 0 aliphatic carbocycles. The van der Waals surface area contributed by atoms with Crippen LogP contribution in [0.2, 0.25) is 0 Å². The van der Waals surface area contributed by atoms with Crippen LogP contribution in [-0.4, -0.2) is 40.3 Å². The van der Waals surface area contributed by atoms with Crippen LogP contribution in [-0.2, 0) is 0 Å². The summed E-state index contributed by atoms with van der Waals surface area (Å²) < 4.78 is 5.39. The molecule has 0 bridgehead atoms. The van der Waals surface area contributed by atoms with E-state index in [1.807, 2.05) is 30.3 Å². The second kappa shape index (κ2) is 8.97. The van der Waals surface area contributed by atoms with Gasteiger partial charge >= 0.3 is 0 Å². The number of benzene rings is 1. The lowest BCUT2D eigenvalue weighted by atomic mass is 10.3. The topological polar surface area (TPSA) is 176 Å². The highest BCUT2D eigenvalue weighted by atomic mass is 16.9. The van der Waals surface area contributed by atoms with Gasteiger partial charge in [-0.05, 0) is 12.1 Å². The van der Waals surface area contributed by atoms with E-state index in [9.17, 15) is 0 Å². The van der Waals surface area contributed by atoms with E-state index in [0.717, 1.165) is 10.6 Å². The van der Waals surface area contributed by atoms with E-state index >= 15 is 0 Å². The Balaban J connectivity index is 0.000000796. The Bertz CT molecular complexity index is 434. The smallest absolute Gasteiger partial charge is 0.291 e. The van der Waals surface area contributed by atoms with Crippen LogP contribution in [0, 0.1) is 20.9 Å². The van der Waals surface area contributed by atoms with Gasteiger partial charge in [0, 0.05) is 0 Å². The summed E-state index contributed by atoms with van der Waals surface area (Å²) in [5.74, 6) is 0.211. The summed E-state index contributed by atoms with van der Waals surface area (Å²) in [4.78, 5) is 9.52. The van der Waals surface area contributed by atoms with Crippen LogP contribution < -0.4 is 16.2 Å². The Morgan fingerprint density at radius 3 is 2.15 bits per heavy atom. The standard InChI is InChI=1S/C10H15N5O.HNO3/c11-9(12)15(10(13)14)6-7-16-8-4-2-1-3-5-8;2-1(3)4/h1-5H,6-7H2,(H3,11,12)(H3,13,14);(H,2,3,4). The van der Waals surface area contributed by atoms with Crippen molar-refractivity contribution < 1.29 is 15.0 Å². The molecule has 0 aliphatic heterocycles. The summed E-state index contributed by atoms with van der Waals surface area (Å²) in [6.45, 7) is 0.586. The number of nitrogens with two attached hydrogens (primary N) is 2. The first-order valence-electron chi connectivity index (χ1n) is 5.31. The summed E-state index contributed by atoms with van der Waals surface area (Å²) in [6.07, 6.45) is 0. The van der Waals surface area contributed by atoms with Crippen molar-refractivity contribution in [2.45, 2.75) is 0 Å². The minimum atomic E-state index is -1.50. The minimum Gasteiger partial charge on any atom is -0.492 e. The maximum absolute atomic E-state index is 8.36. The average molecular weight is 284 g/mol. The molecule has 1 aromatic carbocycles. The van der Waals surface area contributed by atoms with Crippen molar-refractivity contribution in [1.29, 1.82) is 10.8 Å². The molecule has 0 heterocycles. The lowest BCUT2D eigenvalue weighted by Crippen LogP contribution is -2.46. The quantitative estimate of drug-likeness (QED) is 0.220. The van der Waals surface area contributed by atoms with E-state index in [-0.39, 0.29) is 18.5 Å². The Morgan fingerprint density at radius 2 is 1.75 bits per heavy atom. The molecular formula is C10H16N6O4. The molecule has 0 fully saturated rings. The van der Waals surface area contributed by atoms with E-state index in [2.05, 4.69) is 0 Å². The summed E-state index contributed by atoms with van der Waals surface area (Å²) in [6, 6.07) is 9.27. The third-order valence-electron chi connectivity index (χ3n) is 1.91. The molecule has 0 aliphatic rings. The molecule has 10 heteroatoms. The Kier molecular flexibility index (Phi) is 7.60. The van der Waals surface area contributed by atoms with Crippen molar-refractivity contribution in [3.8, 4) is 5.75 Å². The molecule has 0 radical (unpaired) electrons. The van der Waals surface area contributed by atoms with Crippen molar-refractivity contribution in [3.05, 3.63) is 40.4 Å². The van der Waals surface area contributed by atoms with Gasteiger partial charge in [-0.2, -0.15) is 0 Å². The van der Waals surface area contributed by atoms with Gasteiger partial charge in [-0.3, -0.25) is 15.7 Å². The number of rotatable bonds is 4. The molecule has 110 valence electrons. The lowest BCUT2D eigenvalue weighted by molar-refractivity contribution is -0.742. The van der Waals surface area contributed by atoms with Crippen molar-refractivity contribution in [2.24, 2.45) is 11.5 Å². The van der Waals surface area contributed by atoms with Crippen molar-refractivity contribution >= 4 is 11.9 Å². The predicted molar refractivity (Wildman–Crippen MR) is 71.3 cm³/mol. The fraction of sp³-hybridized carbons (Fsp3) is 0.200. The number of nitrogens with one attached hydrogen (secondary N) is 2. The third kappa shape index (κ3) is 8.11. The first-order chi connectivity index (χ1) is 9.34. The highest BCUT2D eigenvalue weighted by Crippen LogP contribution is 2.07. The van der Waals surface area contributed by atoms with E-state index in [1.165, 1.54) is 0 Å². The monoisotopic (exact) mass is 284 g/mol. The maximum atomic E-state index is 8.36. The fourth-order valence-corrected chi connectivity index (χ4v) is 1.14. The zero-order valence-corrected chi connectivity index (χ0v) is 10.5. The van der Waals surface area contributed by atoms with Gasteiger partial charge in [-0.25, -0.2) is 0 Å². The van der Waals surface area contributed by atoms with Crippen LogP contribution in [0.1, 0.15) is 0 Å². The normalized spacial score (nSPS) is 8.80. The van der Waals surface area contributed by atoms with Gasteiger partial charge in [0.2, 0.25) is 0 Å². The molecule has 0 atom stereocenters. The number of hydrogen-bond donors (Lipinski definition) is 5. The zero-order chi connectivity index (χ0) is 15.5. The highest BCUT2D eigenvalue weighted by Gasteiger charge is 2.09. The van der Waals surface area contributed by atoms with Crippen molar-refractivity contribution in [1.82, 2.24) is 4.90 Å². The molecule has 0 saturated carbocycles. The molecule has 1 rings (SSSR count). The van der Waals surface area contributed by atoms with Gasteiger partial charge in [0.15, 0.2) is 11.9 Å². The molecular weight excluding hydrogens is 268 g/mol. The van der Waals surface area contributed by atoms with E-state index in [1.54, 1.807) is 0 Å². The number of hydrogen-bond acceptors (Lipinski definition) is 5. The second-order valence-corrected chi connectivity index (χ2v) is 3.32. The Morgan fingerprint density at radius 1 is 1.30 bits per heavy atom. The Hall–Kier alpha value is -3.04. The van der Waals surface area contributed by atoms with Crippen LogP contribution >= 0.6 is 0 Å². The molecule has 0 spiro atoms. The summed E-state index contributed by atoms with van der Waals surface area (Å²) in [5, 5.41) is 28.0. The maximum Gasteiger partial charge on any atom is 0.291 e. The predicted octanol–water partition coefficient (Wildman–Crippen LogP) is -0.193. The fourth-order valence-electron chi connectivity index (χ4n) is 1.14. The van der Waals surface area contributed by atoms with Crippen molar-refractivity contribution in [3.63, 3.8) is 0 Å². The second-order valence-electron chi connectivity index (χ2n) is 3.32. The molecule has 10 nitrogen and oxygen atoms in total. The van der Waals surface area contributed by atoms with Gasteiger partial charge in [-0.15, -0.1) is 10.1 Å². The van der Waals surface area contributed by atoms with Gasteiger partial charge < -0.3 is 21.4 Å². The molecule has 0 aromatic heterocycles. The Labute approximate surface area is 114 Å². The molecule has 7 N–H and O–H groups in total. The molecule has 0 saturated heterocycles. The summed E-state index contributed by atoms with van der Waals surface area (Å²) in [5.41, 5.74) is 10.5. The van der Waals surface area contributed by atoms with Crippen LogP contribution in [0.5, 0.6) is 5.75 Å². The largest absolute Gasteiger partial charge is 0.492 e. The first kappa shape index (κ1) is 17.0. The van der Waals surface area contributed by atoms with Crippen LogP contribution in [0.4, 0.5) is 0 Å².